The SMILES string of the molecule is O=C1NC(=O)/C(=C/c2ccc3ncn(-c4ccc(N5CCNCC5)c(F)c4)c3c2)S1. The first-order chi connectivity index (χ1) is 14.6. The molecule has 0 spiro atoms. The Hall–Kier alpha value is -3.17. The number of hydrogen-bond acceptors (Lipinski definition) is 6. The van der Waals surface area contributed by atoms with Crippen LogP contribution in [0.4, 0.5) is 14.9 Å². The molecule has 152 valence electrons. The van der Waals surface area contributed by atoms with Crippen LogP contribution in [0.1, 0.15) is 5.56 Å². The Morgan fingerprint density at radius 2 is 1.93 bits per heavy atom. The van der Waals surface area contributed by atoms with E-state index in [4.69, 9.17) is 0 Å². The van der Waals surface area contributed by atoms with Crippen molar-refractivity contribution in [2.45, 2.75) is 0 Å². The van der Waals surface area contributed by atoms with Gasteiger partial charge in [-0.1, -0.05) is 6.07 Å². The van der Waals surface area contributed by atoms with Crippen LogP contribution in [0.15, 0.2) is 47.6 Å². The number of piperazine rings is 1. The predicted molar refractivity (Wildman–Crippen MR) is 115 cm³/mol. The molecule has 0 atom stereocenters. The molecule has 2 aliphatic heterocycles. The summed E-state index contributed by atoms with van der Waals surface area (Å²) in [6.45, 7) is 3.23. The van der Waals surface area contributed by atoms with Crippen LogP contribution in [0.5, 0.6) is 0 Å². The van der Waals surface area contributed by atoms with E-state index in [1.165, 1.54) is 6.07 Å². The number of fused-ring (bicyclic) bond motifs is 1. The molecule has 1 aromatic heterocycles. The fraction of sp³-hybridized carbons (Fsp3) is 0.190. The van der Waals surface area contributed by atoms with E-state index in [-0.39, 0.29) is 11.1 Å². The minimum atomic E-state index is -0.399. The first-order valence-corrected chi connectivity index (χ1v) is 10.4. The van der Waals surface area contributed by atoms with E-state index >= 15 is 0 Å². The third-order valence-corrected chi connectivity index (χ3v) is 5.99. The lowest BCUT2D eigenvalue weighted by atomic mass is 10.1. The summed E-state index contributed by atoms with van der Waals surface area (Å²) in [6, 6.07) is 10.7. The van der Waals surface area contributed by atoms with Crippen molar-refractivity contribution in [2.75, 3.05) is 31.1 Å². The number of benzene rings is 2. The van der Waals surface area contributed by atoms with Gasteiger partial charge in [0.15, 0.2) is 0 Å². The lowest BCUT2D eigenvalue weighted by molar-refractivity contribution is -0.115. The van der Waals surface area contributed by atoms with E-state index in [0.29, 0.717) is 16.3 Å². The molecule has 0 unspecified atom stereocenters. The number of imide groups is 1. The molecule has 7 nitrogen and oxygen atoms in total. The zero-order valence-electron chi connectivity index (χ0n) is 15.9. The van der Waals surface area contributed by atoms with Crippen LogP contribution in [0.2, 0.25) is 0 Å². The van der Waals surface area contributed by atoms with Gasteiger partial charge in [0.25, 0.3) is 11.1 Å². The lowest BCUT2D eigenvalue weighted by Gasteiger charge is -2.29. The van der Waals surface area contributed by atoms with Crippen molar-refractivity contribution >= 4 is 45.7 Å². The highest BCUT2D eigenvalue weighted by molar-refractivity contribution is 8.18. The van der Waals surface area contributed by atoms with E-state index in [1.807, 2.05) is 33.7 Å². The molecule has 2 fully saturated rings. The van der Waals surface area contributed by atoms with Crippen molar-refractivity contribution in [1.29, 1.82) is 0 Å². The molecule has 0 bridgehead atoms. The third kappa shape index (κ3) is 3.46. The molecule has 9 heteroatoms. The summed E-state index contributed by atoms with van der Waals surface area (Å²) in [6.07, 6.45) is 3.32. The zero-order valence-corrected chi connectivity index (χ0v) is 16.7. The van der Waals surface area contributed by atoms with Gasteiger partial charge in [0.2, 0.25) is 0 Å². The second-order valence-electron chi connectivity index (χ2n) is 7.09. The average molecular weight is 423 g/mol. The summed E-state index contributed by atoms with van der Waals surface area (Å²) < 4.78 is 16.7. The topological polar surface area (TPSA) is 79.3 Å². The molecule has 5 rings (SSSR count). The summed E-state index contributed by atoms with van der Waals surface area (Å²) in [5.74, 6) is -0.670. The molecular formula is C21H18FN5O2S. The van der Waals surface area contributed by atoms with Gasteiger partial charge in [-0.05, 0) is 47.7 Å². The number of imidazole rings is 1. The monoisotopic (exact) mass is 423 g/mol. The molecule has 3 aromatic rings. The Kier molecular flexibility index (Phi) is 4.76. The largest absolute Gasteiger partial charge is 0.367 e. The lowest BCUT2D eigenvalue weighted by Crippen LogP contribution is -2.43. The summed E-state index contributed by atoms with van der Waals surface area (Å²) in [7, 11) is 0. The normalized spacial score (nSPS) is 18.4. The van der Waals surface area contributed by atoms with E-state index < -0.39 is 5.91 Å². The number of amides is 2. The summed E-state index contributed by atoms with van der Waals surface area (Å²) in [5, 5.41) is 5.13. The molecule has 2 aliphatic rings. The van der Waals surface area contributed by atoms with Crippen LogP contribution in [-0.4, -0.2) is 46.9 Å². The van der Waals surface area contributed by atoms with Crippen LogP contribution < -0.4 is 15.5 Å². The molecule has 30 heavy (non-hydrogen) atoms. The number of rotatable bonds is 3. The van der Waals surface area contributed by atoms with Crippen LogP contribution >= 0.6 is 11.8 Å². The number of aromatic nitrogens is 2. The molecule has 2 aromatic carbocycles. The number of carbonyl (C=O) groups excluding carboxylic acids is 2. The smallest absolute Gasteiger partial charge is 0.290 e. The first-order valence-electron chi connectivity index (χ1n) is 9.56. The first kappa shape index (κ1) is 18.8. The standard InChI is InChI=1S/C21H18FN5O2S/c22-15-11-14(2-4-17(15)26-7-5-23-6-8-26)27-12-24-16-3-1-13(9-18(16)27)10-19-20(28)25-21(29)30-19/h1-4,9-12,23H,5-8H2,(H,25,28,29)/b19-10-. The van der Waals surface area contributed by atoms with Crippen LogP contribution in [0.25, 0.3) is 22.8 Å². The van der Waals surface area contributed by atoms with Crippen molar-refractivity contribution in [3.8, 4) is 5.69 Å². The van der Waals surface area contributed by atoms with Crippen LogP contribution in [0.3, 0.4) is 0 Å². The maximum Gasteiger partial charge on any atom is 0.290 e. The van der Waals surface area contributed by atoms with Gasteiger partial charge in [-0.15, -0.1) is 0 Å². The third-order valence-electron chi connectivity index (χ3n) is 5.18. The molecule has 3 heterocycles. The summed E-state index contributed by atoms with van der Waals surface area (Å²) >= 11 is 0.874. The molecule has 0 saturated carbocycles. The number of anilines is 1. The van der Waals surface area contributed by atoms with Gasteiger partial charge >= 0.3 is 0 Å². The predicted octanol–water partition coefficient (Wildman–Crippen LogP) is 2.90. The van der Waals surface area contributed by atoms with Gasteiger partial charge in [-0.3, -0.25) is 19.5 Å². The Morgan fingerprint density at radius 1 is 1.10 bits per heavy atom. The van der Waals surface area contributed by atoms with Gasteiger partial charge in [0, 0.05) is 32.2 Å². The van der Waals surface area contributed by atoms with E-state index in [1.54, 1.807) is 18.5 Å². The summed E-state index contributed by atoms with van der Waals surface area (Å²) in [4.78, 5) is 30.0. The number of hydrogen-bond donors (Lipinski definition) is 2. The second kappa shape index (κ2) is 7.58. The van der Waals surface area contributed by atoms with Gasteiger partial charge in [-0.25, -0.2) is 9.37 Å². The maximum absolute atomic E-state index is 14.9. The van der Waals surface area contributed by atoms with Crippen molar-refractivity contribution in [3.05, 3.63) is 59.0 Å². The Labute approximate surface area is 175 Å². The molecule has 2 saturated heterocycles. The number of halogens is 1. The maximum atomic E-state index is 14.9. The van der Waals surface area contributed by atoms with E-state index in [0.717, 1.165) is 54.5 Å². The molecular weight excluding hydrogens is 405 g/mol. The fourth-order valence-corrected chi connectivity index (χ4v) is 4.38. The van der Waals surface area contributed by atoms with Gasteiger partial charge in [-0.2, -0.15) is 0 Å². The highest BCUT2D eigenvalue weighted by Crippen LogP contribution is 2.28. The number of carbonyl (C=O) groups is 2. The number of nitrogens with one attached hydrogen (secondary N) is 2. The minimum Gasteiger partial charge on any atom is -0.367 e. The summed E-state index contributed by atoms with van der Waals surface area (Å²) in [5.41, 5.74) is 3.57. The Morgan fingerprint density at radius 3 is 2.67 bits per heavy atom. The average Bonchev–Trinajstić information content (AvgIpc) is 3.30. The van der Waals surface area contributed by atoms with Crippen molar-refractivity contribution < 1.29 is 14.0 Å². The molecule has 0 radical (unpaired) electrons. The quantitative estimate of drug-likeness (QED) is 0.631. The molecule has 0 aliphatic carbocycles. The van der Waals surface area contributed by atoms with Crippen molar-refractivity contribution in [2.24, 2.45) is 0 Å². The Bertz CT molecular complexity index is 1200. The van der Waals surface area contributed by atoms with Gasteiger partial charge in [0.1, 0.15) is 12.1 Å². The Balaban J connectivity index is 1.50. The number of thioether (sulfide) groups is 1. The highest BCUT2D eigenvalue weighted by atomic mass is 32.2. The minimum absolute atomic E-state index is 0.271. The molecule has 2 amide bonds. The van der Waals surface area contributed by atoms with Gasteiger partial charge in [0.05, 0.1) is 27.3 Å². The second-order valence-corrected chi connectivity index (χ2v) is 8.10. The van der Waals surface area contributed by atoms with E-state index in [2.05, 4.69) is 15.6 Å². The van der Waals surface area contributed by atoms with Crippen LogP contribution in [0, 0.1) is 5.82 Å². The van der Waals surface area contributed by atoms with Crippen molar-refractivity contribution in [3.63, 3.8) is 0 Å². The fourth-order valence-electron chi connectivity index (χ4n) is 3.70. The molecule has 2 N–H and O–H groups in total. The van der Waals surface area contributed by atoms with Gasteiger partial charge < -0.3 is 10.2 Å². The zero-order chi connectivity index (χ0) is 20.7. The van der Waals surface area contributed by atoms with E-state index in [9.17, 15) is 14.0 Å². The number of nitrogens with zero attached hydrogens (tertiary/aromatic N) is 3. The van der Waals surface area contributed by atoms with Crippen molar-refractivity contribution in [1.82, 2.24) is 20.2 Å². The van der Waals surface area contributed by atoms with Crippen LogP contribution in [-0.2, 0) is 4.79 Å². The highest BCUT2D eigenvalue weighted by Gasteiger charge is 2.25.